The molecule has 0 bridgehead atoms. The van der Waals surface area contributed by atoms with Crippen LogP contribution in [0.15, 0.2) is 0 Å². The Balaban J connectivity index is 2.29. The van der Waals surface area contributed by atoms with E-state index >= 15 is 0 Å². The van der Waals surface area contributed by atoms with Gasteiger partial charge in [0, 0.05) is 6.42 Å². The molecule has 2 atom stereocenters. The van der Waals surface area contributed by atoms with Crippen LogP contribution in [-0.2, 0) is 9.59 Å². The van der Waals surface area contributed by atoms with Crippen LogP contribution in [0.3, 0.4) is 0 Å². The number of hydrogen-bond donors (Lipinski definition) is 3. The minimum Gasteiger partial charge on any atom is -0.480 e. The summed E-state index contributed by atoms with van der Waals surface area (Å²) < 4.78 is 0. The molecule has 1 heterocycles. The van der Waals surface area contributed by atoms with E-state index in [1.165, 1.54) is 0 Å². The summed E-state index contributed by atoms with van der Waals surface area (Å²) in [5.74, 6) is -0.274. The van der Waals surface area contributed by atoms with Crippen molar-refractivity contribution in [1.82, 2.24) is 10.6 Å². The zero-order valence-electron chi connectivity index (χ0n) is 11.2. The predicted octanol–water partition coefficient (Wildman–Crippen LogP) is 0.992. The van der Waals surface area contributed by atoms with E-state index in [0.717, 1.165) is 25.9 Å². The molecule has 18 heavy (non-hydrogen) atoms. The molecule has 0 saturated carbocycles. The second kappa shape index (κ2) is 7.36. The third-order valence-electron chi connectivity index (χ3n) is 3.28. The third kappa shape index (κ3) is 5.49. The lowest BCUT2D eigenvalue weighted by Crippen LogP contribution is -2.41. The second-order valence-corrected chi connectivity index (χ2v) is 5.49. The summed E-state index contributed by atoms with van der Waals surface area (Å²) in [6.07, 6.45) is 2.86. The van der Waals surface area contributed by atoms with E-state index in [1.807, 2.05) is 13.8 Å². The number of amides is 1. The molecule has 0 aromatic heterocycles. The standard InChI is InChI=1S/C13H24N2O3/c1-9(2)7-11(13(17)18)15-12(16)4-3-10-5-6-14-8-10/h9-11,14H,3-8H2,1-2H3,(H,15,16)(H,17,18)/t10?,11-/m1/s1. The van der Waals surface area contributed by atoms with E-state index in [9.17, 15) is 9.59 Å². The highest BCUT2D eigenvalue weighted by Crippen LogP contribution is 2.14. The maximum absolute atomic E-state index is 11.7. The molecule has 1 rings (SSSR count). The van der Waals surface area contributed by atoms with Crippen LogP contribution in [0.5, 0.6) is 0 Å². The number of carboxylic acids is 1. The molecule has 1 aliphatic rings. The van der Waals surface area contributed by atoms with Gasteiger partial charge in [-0.3, -0.25) is 4.79 Å². The molecular weight excluding hydrogens is 232 g/mol. The van der Waals surface area contributed by atoms with Crippen LogP contribution in [0.25, 0.3) is 0 Å². The molecule has 0 spiro atoms. The first-order valence-corrected chi connectivity index (χ1v) is 6.72. The summed E-state index contributed by atoms with van der Waals surface area (Å²) in [5.41, 5.74) is 0. The molecule has 0 radical (unpaired) electrons. The number of carbonyl (C=O) groups excluding carboxylic acids is 1. The van der Waals surface area contributed by atoms with Gasteiger partial charge in [-0.15, -0.1) is 0 Å². The summed E-state index contributed by atoms with van der Waals surface area (Å²) in [6, 6.07) is -0.751. The summed E-state index contributed by atoms with van der Waals surface area (Å²) in [6.45, 7) is 5.90. The highest BCUT2D eigenvalue weighted by molar-refractivity contribution is 5.83. The minimum absolute atomic E-state index is 0.144. The van der Waals surface area contributed by atoms with Gasteiger partial charge in [0.2, 0.25) is 5.91 Å². The number of nitrogens with one attached hydrogen (secondary N) is 2. The Bertz CT molecular complexity index is 286. The molecule has 1 fully saturated rings. The van der Waals surface area contributed by atoms with E-state index in [1.54, 1.807) is 0 Å². The Labute approximate surface area is 108 Å². The molecule has 5 heteroatoms. The molecule has 104 valence electrons. The molecular formula is C13H24N2O3. The van der Waals surface area contributed by atoms with Crippen molar-refractivity contribution in [3.63, 3.8) is 0 Å². The van der Waals surface area contributed by atoms with Crippen LogP contribution >= 0.6 is 0 Å². The highest BCUT2D eigenvalue weighted by atomic mass is 16.4. The van der Waals surface area contributed by atoms with E-state index in [4.69, 9.17) is 5.11 Å². The van der Waals surface area contributed by atoms with Gasteiger partial charge in [-0.25, -0.2) is 4.79 Å². The number of aliphatic carboxylic acids is 1. The predicted molar refractivity (Wildman–Crippen MR) is 69.2 cm³/mol. The average molecular weight is 256 g/mol. The van der Waals surface area contributed by atoms with Crippen molar-refractivity contribution in [2.75, 3.05) is 13.1 Å². The fourth-order valence-corrected chi connectivity index (χ4v) is 2.26. The van der Waals surface area contributed by atoms with Crippen molar-refractivity contribution in [3.8, 4) is 0 Å². The van der Waals surface area contributed by atoms with Crippen molar-refractivity contribution in [2.45, 2.75) is 45.6 Å². The first kappa shape index (κ1) is 15.0. The number of rotatable bonds is 7. The summed E-state index contributed by atoms with van der Waals surface area (Å²) >= 11 is 0. The zero-order valence-corrected chi connectivity index (χ0v) is 11.2. The van der Waals surface area contributed by atoms with Gasteiger partial charge in [0.1, 0.15) is 6.04 Å². The molecule has 1 aliphatic heterocycles. The van der Waals surface area contributed by atoms with Crippen LogP contribution < -0.4 is 10.6 Å². The van der Waals surface area contributed by atoms with Crippen LogP contribution in [-0.4, -0.2) is 36.1 Å². The molecule has 0 aromatic rings. The Morgan fingerprint density at radius 3 is 2.67 bits per heavy atom. The van der Waals surface area contributed by atoms with Gasteiger partial charge in [-0.1, -0.05) is 13.8 Å². The van der Waals surface area contributed by atoms with Gasteiger partial charge < -0.3 is 15.7 Å². The van der Waals surface area contributed by atoms with Gasteiger partial charge in [0.25, 0.3) is 0 Å². The van der Waals surface area contributed by atoms with Crippen molar-refractivity contribution < 1.29 is 14.7 Å². The lowest BCUT2D eigenvalue weighted by atomic mass is 10.0. The maximum atomic E-state index is 11.7. The Morgan fingerprint density at radius 1 is 1.44 bits per heavy atom. The van der Waals surface area contributed by atoms with Gasteiger partial charge >= 0.3 is 5.97 Å². The van der Waals surface area contributed by atoms with Crippen LogP contribution in [0, 0.1) is 11.8 Å². The molecule has 5 nitrogen and oxygen atoms in total. The molecule has 1 unspecified atom stereocenters. The SMILES string of the molecule is CC(C)C[C@@H](NC(=O)CCC1CCNC1)C(=O)O. The minimum atomic E-state index is -0.945. The van der Waals surface area contributed by atoms with Crippen molar-refractivity contribution in [1.29, 1.82) is 0 Å². The van der Waals surface area contributed by atoms with Crippen LogP contribution in [0.2, 0.25) is 0 Å². The fraction of sp³-hybridized carbons (Fsp3) is 0.846. The average Bonchev–Trinajstić information content (AvgIpc) is 2.77. The Kier molecular flexibility index (Phi) is 6.12. The topological polar surface area (TPSA) is 78.4 Å². The first-order valence-electron chi connectivity index (χ1n) is 6.72. The quantitative estimate of drug-likeness (QED) is 0.635. The molecule has 3 N–H and O–H groups in total. The summed E-state index contributed by atoms with van der Waals surface area (Å²) in [7, 11) is 0. The monoisotopic (exact) mass is 256 g/mol. The van der Waals surface area contributed by atoms with Crippen molar-refractivity contribution in [2.24, 2.45) is 11.8 Å². The molecule has 1 amide bonds. The summed E-state index contributed by atoms with van der Waals surface area (Å²) in [5, 5.41) is 14.9. The van der Waals surface area contributed by atoms with Crippen molar-refractivity contribution in [3.05, 3.63) is 0 Å². The maximum Gasteiger partial charge on any atom is 0.326 e. The molecule has 0 aromatic carbocycles. The number of carboxylic acid groups (broad SMARTS) is 1. The van der Waals surface area contributed by atoms with E-state index < -0.39 is 12.0 Å². The highest BCUT2D eigenvalue weighted by Gasteiger charge is 2.22. The fourth-order valence-electron chi connectivity index (χ4n) is 2.26. The Hall–Kier alpha value is -1.10. The van der Waals surface area contributed by atoms with Gasteiger partial charge in [-0.05, 0) is 44.2 Å². The largest absolute Gasteiger partial charge is 0.480 e. The first-order chi connectivity index (χ1) is 8.49. The van der Waals surface area contributed by atoms with Crippen LogP contribution in [0.1, 0.15) is 39.5 Å². The van der Waals surface area contributed by atoms with Crippen LogP contribution in [0.4, 0.5) is 0 Å². The smallest absolute Gasteiger partial charge is 0.326 e. The third-order valence-corrected chi connectivity index (χ3v) is 3.28. The van der Waals surface area contributed by atoms with Gasteiger partial charge in [-0.2, -0.15) is 0 Å². The van der Waals surface area contributed by atoms with E-state index in [-0.39, 0.29) is 11.8 Å². The zero-order chi connectivity index (χ0) is 13.5. The van der Waals surface area contributed by atoms with E-state index in [0.29, 0.717) is 18.8 Å². The number of hydrogen-bond acceptors (Lipinski definition) is 3. The molecule has 0 aliphatic carbocycles. The number of carbonyl (C=O) groups is 2. The van der Waals surface area contributed by atoms with Crippen molar-refractivity contribution >= 4 is 11.9 Å². The molecule has 1 saturated heterocycles. The van der Waals surface area contributed by atoms with Gasteiger partial charge in [0.05, 0.1) is 0 Å². The lowest BCUT2D eigenvalue weighted by molar-refractivity contribution is -0.142. The second-order valence-electron chi connectivity index (χ2n) is 5.49. The van der Waals surface area contributed by atoms with Gasteiger partial charge in [0.15, 0.2) is 0 Å². The van der Waals surface area contributed by atoms with E-state index in [2.05, 4.69) is 10.6 Å². The normalized spacial score (nSPS) is 20.9. The summed E-state index contributed by atoms with van der Waals surface area (Å²) in [4.78, 5) is 22.7. The Morgan fingerprint density at radius 2 is 2.17 bits per heavy atom. The lowest BCUT2D eigenvalue weighted by Gasteiger charge is -2.17.